The lowest BCUT2D eigenvalue weighted by Crippen LogP contribution is -2.07. The van der Waals surface area contributed by atoms with Crippen LogP contribution < -0.4 is 5.32 Å². The summed E-state index contributed by atoms with van der Waals surface area (Å²) in [5.41, 5.74) is -0.513. The second-order valence-corrected chi connectivity index (χ2v) is 4.47. The highest BCUT2D eigenvalue weighted by Gasteiger charge is 2.33. The van der Waals surface area contributed by atoms with Gasteiger partial charge in [0.05, 0.1) is 17.1 Å². The summed E-state index contributed by atoms with van der Waals surface area (Å²) in [6, 6.07) is 7.26. The minimum Gasteiger partial charge on any atom is -0.465 e. The van der Waals surface area contributed by atoms with E-state index >= 15 is 0 Å². The van der Waals surface area contributed by atoms with Gasteiger partial charge < -0.3 is 9.73 Å². The molecule has 19 heavy (non-hydrogen) atoms. The summed E-state index contributed by atoms with van der Waals surface area (Å²) in [6.07, 6.45) is -4.46. The third kappa shape index (κ3) is 3.44. The van der Waals surface area contributed by atoms with Gasteiger partial charge in [-0.1, -0.05) is 11.6 Å². The summed E-state index contributed by atoms with van der Waals surface area (Å²) in [6.45, 7) is 2.11. The third-order valence-electron chi connectivity index (χ3n) is 2.53. The van der Waals surface area contributed by atoms with Crippen molar-refractivity contribution in [2.24, 2.45) is 0 Å². The molecule has 2 rings (SSSR count). The topological polar surface area (TPSA) is 25.2 Å². The molecule has 0 radical (unpaired) electrons. The molecule has 1 aromatic carbocycles. The van der Waals surface area contributed by atoms with Crippen molar-refractivity contribution in [1.29, 1.82) is 0 Å². The highest BCUT2D eigenvalue weighted by molar-refractivity contribution is 6.31. The van der Waals surface area contributed by atoms with Crippen LogP contribution in [0.4, 0.5) is 18.9 Å². The lowest BCUT2D eigenvalue weighted by Gasteiger charge is -2.11. The van der Waals surface area contributed by atoms with Crippen molar-refractivity contribution >= 4 is 17.3 Å². The minimum atomic E-state index is -4.46. The van der Waals surface area contributed by atoms with E-state index in [4.69, 9.17) is 16.0 Å². The molecule has 0 saturated carbocycles. The Hall–Kier alpha value is -1.62. The van der Waals surface area contributed by atoms with Crippen LogP contribution in [-0.2, 0) is 12.7 Å². The van der Waals surface area contributed by atoms with Crippen LogP contribution >= 0.6 is 11.6 Å². The molecular formula is C13H11ClF3NO. The van der Waals surface area contributed by atoms with E-state index in [1.165, 1.54) is 12.1 Å². The smallest absolute Gasteiger partial charge is 0.417 e. The molecule has 0 bridgehead atoms. The molecule has 2 aromatic rings. The van der Waals surface area contributed by atoms with Gasteiger partial charge in [-0.3, -0.25) is 0 Å². The fraction of sp³-hybridized carbons (Fsp3) is 0.231. The zero-order valence-electron chi connectivity index (χ0n) is 10.0. The van der Waals surface area contributed by atoms with Crippen LogP contribution in [0.1, 0.15) is 17.1 Å². The van der Waals surface area contributed by atoms with Crippen molar-refractivity contribution in [3.63, 3.8) is 0 Å². The lowest BCUT2D eigenvalue weighted by molar-refractivity contribution is -0.137. The Morgan fingerprint density at radius 1 is 1.21 bits per heavy atom. The maximum absolute atomic E-state index is 12.7. The molecule has 0 amide bonds. The fourth-order valence-electron chi connectivity index (χ4n) is 1.62. The molecule has 1 aromatic heterocycles. The van der Waals surface area contributed by atoms with Gasteiger partial charge in [0.25, 0.3) is 0 Å². The Morgan fingerprint density at radius 3 is 2.53 bits per heavy atom. The zero-order chi connectivity index (χ0) is 14.0. The summed E-state index contributed by atoms with van der Waals surface area (Å²) >= 11 is 5.54. The van der Waals surface area contributed by atoms with Crippen molar-refractivity contribution in [1.82, 2.24) is 0 Å². The molecule has 2 nitrogen and oxygen atoms in total. The maximum Gasteiger partial charge on any atom is 0.417 e. The number of anilines is 1. The standard InChI is InChI=1S/C13H11ClF3NO/c1-8-2-4-10(19-8)7-18-9-3-5-12(14)11(6-9)13(15,16)17/h2-6,18H,7H2,1H3. The monoisotopic (exact) mass is 289 g/mol. The van der Waals surface area contributed by atoms with Gasteiger partial charge in [-0.05, 0) is 37.3 Å². The Labute approximate surface area is 113 Å². The van der Waals surface area contributed by atoms with Gasteiger partial charge in [0.1, 0.15) is 11.5 Å². The molecule has 0 unspecified atom stereocenters. The Bertz CT molecular complexity index is 578. The molecular weight excluding hydrogens is 279 g/mol. The highest BCUT2D eigenvalue weighted by Crippen LogP contribution is 2.36. The largest absolute Gasteiger partial charge is 0.465 e. The third-order valence-corrected chi connectivity index (χ3v) is 2.86. The van der Waals surface area contributed by atoms with Crippen LogP contribution in [0, 0.1) is 6.92 Å². The van der Waals surface area contributed by atoms with Crippen molar-refractivity contribution in [2.45, 2.75) is 19.6 Å². The molecule has 1 N–H and O–H groups in total. The van der Waals surface area contributed by atoms with Gasteiger partial charge in [-0.15, -0.1) is 0 Å². The summed E-state index contributed by atoms with van der Waals surface area (Å²) in [7, 11) is 0. The first-order valence-corrected chi connectivity index (χ1v) is 5.90. The molecule has 0 aliphatic heterocycles. The Kier molecular flexibility index (Phi) is 3.75. The molecule has 6 heteroatoms. The number of benzene rings is 1. The lowest BCUT2D eigenvalue weighted by atomic mass is 10.2. The average Bonchev–Trinajstić information content (AvgIpc) is 2.72. The van der Waals surface area contributed by atoms with Gasteiger partial charge in [-0.25, -0.2) is 0 Å². The molecule has 0 aliphatic rings. The van der Waals surface area contributed by atoms with Crippen LogP contribution in [0.15, 0.2) is 34.7 Å². The number of furan rings is 1. The van der Waals surface area contributed by atoms with Crippen LogP contribution in [-0.4, -0.2) is 0 Å². The number of nitrogens with one attached hydrogen (secondary N) is 1. The second kappa shape index (κ2) is 5.17. The van der Waals surface area contributed by atoms with Gasteiger partial charge in [0.15, 0.2) is 0 Å². The first kappa shape index (κ1) is 13.8. The van der Waals surface area contributed by atoms with E-state index < -0.39 is 11.7 Å². The van der Waals surface area contributed by atoms with Crippen molar-refractivity contribution in [3.8, 4) is 0 Å². The van der Waals surface area contributed by atoms with Crippen LogP contribution in [0.25, 0.3) is 0 Å². The van der Waals surface area contributed by atoms with Crippen LogP contribution in [0.3, 0.4) is 0 Å². The predicted molar refractivity (Wildman–Crippen MR) is 67.2 cm³/mol. The second-order valence-electron chi connectivity index (χ2n) is 4.06. The van der Waals surface area contributed by atoms with Crippen LogP contribution in [0.5, 0.6) is 0 Å². The van der Waals surface area contributed by atoms with E-state index in [9.17, 15) is 13.2 Å². The number of rotatable bonds is 3. The minimum absolute atomic E-state index is 0.312. The van der Waals surface area contributed by atoms with E-state index in [0.717, 1.165) is 11.8 Å². The van der Waals surface area contributed by atoms with Gasteiger partial charge in [0, 0.05) is 5.69 Å². The number of alkyl halides is 3. The predicted octanol–water partition coefficient (Wildman–Crippen LogP) is 4.87. The van der Waals surface area contributed by atoms with Gasteiger partial charge >= 0.3 is 6.18 Å². The van der Waals surface area contributed by atoms with E-state index in [-0.39, 0.29) is 5.02 Å². The van der Waals surface area contributed by atoms with Crippen molar-refractivity contribution in [3.05, 3.63) is 52.4 Å². The Balaban J connectivity index is 2.13. The normalized spacial score (nSPS) is 11.6. The molecule has 1 heterocycles. The quantitative estimate of drug-likeness (QED) is 0.872. The fourth-order valence-corrected chi connectivity index (χ4v) is 1.85. The van der Waals surface area contributed by atoms with E-state index in [1.807, 2.05) is 0 Å². The first-order chi connectivity index (χ1) is 8.86. The van der Waals surface area contributed by atoms with Crippen molar-refractivity contribution < 1.29 is 17.6 Å². The summed E-state index contributed by atoms with van der Waals surface area (Å²) in [5, 5.41) is 2.55. The van der Waals surface area contributed by atoms with E-state index in [2.05, 4.69) is 5.32 Å². The molecule has 0 spiro atoms. The van der Waals surface area contributed by atoms with Crippen molar-refractivity contribution in [2.75, 3.05) is 5.32 Å². The highest BCUT2D eigenvalue weighted by atomic mass is 35.5. The van der Waals surface area contributed by atoms with Crippen LogP contribution in [0.2, 0.25) is 5.02 Å². The Morgan fingerprint density at radius 2 is 1.95 bits per heavy atom. The summed E-state index contributed by atoms with van der Waals surface area (Å²) < 4.78 is 43.3. The van der Waals surface area contributed by atoms with E-state index in [0.29, 0.717) is 18.0 Å². The first-order valence-electron chi connectivity index (χ1n) is 5.52. The number of aryl methyl sites for hydroxylation is 1. The molecule has 0 atom stereocenters. The van der Waals surface area contributed by atoms with Gasteiger partial charge in [-0.2, -0.15) is 13.2 Å². The maximum atomic E-state index is 12.7. The zero-order valence-corrected chi connectivity index (χ0v) is 10.8. The van der Waals surface area contributed by atoms with E-state index in [1.54, 1.807) is 19.1 Å². The molecule has 0 fully saturated rings. The molecule has 0 aliphatic carbocycles. The van der Waals surface area contributed by atoms with Gasteiger partial charge in [0.2, 0.25) is 0 Å². The SMILES string of the molecule is Cc1ccc(CNc2ccc(Cl)c(C(F)(F)F)c2)o1. The molecule has 0 saturated heterocycles. The number of hydrogen-bond donors (Lipinski definition) is 1. The number of hydrogen-bond acceptors (Lipinski definition) is 2. The summed E-state index contributed by atoms with van der Waals surface area (Å²) in [4.78, 5) is 0. The average molecular weight is 290 g/mol. The number of halogens is 4. The molecule has 102 valence electrons. The summed E-state index contributed by atoms with van der Waals surface area (Å²) in [5.74, 6) is 1.41.